The highest BCUT2D eigenvalue weighted by Gasteiger charge is 2.22. The summed E-state index contributed by atoms with van der Waals surface area (Å²) in [6.45, 7) is 2.40. The number of hydrogen-bond acceptors (Lipinski definition) is 5. The molecule has 0 fully saturated rings. The van der Waals surface area contributed by atoms with Crippen LogP contribution in [0, 0.1) is 6.92 Å². The first-order valence-corrected chi connectivity index (χ1v) is 10.0. The predicted octanol–water partition coefficient (Wildman–Crippen LogP) is 5.69. The number of nitrogens with zero attached hydrogens (tertiary/aromatic N) is 2. The van der Waals surface area contributed by atoms with Crippen LogP contribution in [0.2, 0.25) is 4.34 Å². The minimum Gasteiger partial charge on any atom is -0.467 e. The van der Waals surface area contributed by atoms with Crippen molar-refractivity contribution < 1.29 is 9.21 Å². The minimum atomic E-state index is -0.0318. The molecule has 0 aliphatic carbocycles. The zero-order valence-electron chi connectivity index (χ0n) is 13.9. The van der Waals surface area contributed by atoms with Gasteiger partial charge < -0.3 is 4.42 Å². The Kier molecular flexibility index (Phi) is 4.80. The van der Waals surface area contributed by atoms with Gasteiger partial charge in [-0.25, -0.2) is 4.98 Å². The molecule has 0 radical (unpaired) electrons. The molecule has 1 amide bonds. The van der Waals surface area contributed by atoms with E-state index in [1.165, 1.54) is 28.2 Å². The van der Waals surface area contributed by atoms with E-state index in [4.69, 9.17) is 16.0 Å². The Morgan fingerprint density at radius 3 is 2.85 bits per heavy atom. The number of halogens is 1. The number of fused-ring (bicyclic) bond motifs is 1. The van der Waals surface area contributed by atoms with Crippen molar-refractivity contribution >= 4 is 55.5 Å². The molecule has 4 aromatic rings. The molecule has 0 saturated carbocycles. The number of thiophene rings is 1. The van der Waals surface area contributed by atoms with E-state index in [0.29, 0.717) is 16.0 Å². The zero-order valence-corrected chi connectivity index (χ0v) is 16.3. The molecule has 0 unspecified atom stereocenters. The van der Waals surface area contributed by atoms with Gasteiger partial charge in [0.25, 0.3) is 0 Å². The zero-order chi connectivity index (χ0) is 18.1. The molecule has 1 aromatic carbocycles. The average molecular weight is 403 g/mol. The fraction of sp³-hybridized carbons (Fsp3) is 0.158. The van der Waals surface area contributed by atoms with Crippen LogP contribution in [-0.2, 0) is 17.8 Å². The first-order valence-electron chi connectivity index (χ1n) is 8.02. The number of thiazole rings is 1. The maximum atomic E-state index is 13.0. The number of anilines is 1. The number of furan rings is 1. The first kappa shape index (κ1) is 17.3. The summed E-state index contributed by atoms with van der Waals surface area (Å²) < 4.78 is 7.20. The highest BCUT2D eigenvalue weighted by Crippen LogP contribution is 2.31. The van der Waals surface area contributed by atoms with Crippen molar-refractivity contribution in [1.29, 1.82) is 0 Å². The summed E-state index contributed by atoms with van der Waals surface area (Å²) in [5, 5.41) is 0.676. The molecule has 132 valence electrons. The highest BCUT2D eigenvalue weighted by molar-refractivity contribution is 7.22. The van der Waals surface area contributed by atoms with Crippen molar-refractivity contribution in [3.05, 3.63) is 69.3 Å². The van der Waals surface area contributed by atoms with E-state index in [2.05, 4.69) is 11.1 Å². The van der Waals surface area contributed by atoms with Gasteiger partial charge in [0, 0.05) is 4.88 Å². The largest absolute Gasteiger partial charge is 0.467 e. The number of rotatable bonds is 5. The van der Waals surface area contributed by atoms with E-state index in [1.54, 1.807) is 11.2 Å². The van der Waals surface area contributed by atoms with Crippen LogP contribution in [0.1, 0.15) is 16.2 Å². The van der Waals surface area contributed by atoms with Crippen LogP contribution in [0.25, 0.3) is 10.2 Å². The van der Waals surface area contributed by atoms with Gasteiger partial charge in [-0.3, -0.25) is 9.69 Å². The maximum absolute atomic E-state index is 13.0. The molecule has 0 bridgehead atoms. The summed E-state index contributed by atoms with van der Waals surface area (Å²) in [5.41, 5.74) is 2.07. The van der Waals surface area contributed by atoms with Gasteiger partial charge in [-0.15, -0.1) is 11.3 Å². The molecule has 0 spiro atoms. The standard InChI is InChI=1S/C19H15ClN2O2S2/c1-12-4-6-15-16(9-12)26-19(21-15)22(11-13-3-2-8-24-13)18(23)10-14-5-7-17(20)25-14/h2-9H,10-11H2,1H3. The Labute approximate surface area is 163 Å². The van der Waals surface area contributed by atoms with Crippen molar-refractivity contribution in [3.63, 3.8) is 0 Å². The lowest BCUT2D eigenvalue weighted by Crippen LogP contribution is -2.31. The van der Waals surface area contributed by atoms with Crippen molar-refractivity contribution in [3.8, 4) is 0 Å². The predicted molar refractivity (Wildman–Crippen MR) is 107 cm³/mol. The molecule has 0 atom stereocenters. The van der Waals surface area contributed by atoms with E-state index < -0.39 is 0 Å². The van der Waals surface area contributed by atoms with Gasteiger partial charge in [0.2, 0.25) is 5.91 Å². The molecule has 4 nitrogen and oxygen atoms in total. The van der Waals surface area contributed by atoms with Crippen LogP contribution in [0.3, 0.4) is 0 Å². The van der Waals surface area contributed by atoms with Crippen molar-refractivity contribution in [1.82, 2.24) is 4.98 Å². The number of carbonyl (C=O) groups is 1. The van der Waals surface area contributed by atoms with E-state index in [9.17, 15) is 4.79 Å². The number of carbonyl (C=O) groups excluding carboxylic acids is 1. The monoisotopic (exact) mass is 402 g/mol. The van der Waals surface area contributed by atoms with Crippen LogP contribution in [0.5, 0.6) is 0 Å². The van der Waals surface area contributed by atoms with Gasteiger partial charge in [-0.05, 0) is 48.9 Å². The lowest BCUT2D eigenvalue weighted by molar-refractivity contribution is -0.118. The van der Waals surface area contributed by atoms with Crippen molar-refractivity contribution in [2.75, 3.05) is 4.90 Å². The molecule has 0 aliphatic rings. The lowest BCUT2D eigenvalue weighted by atomic mass is 10.2. The summed E-state index contributed by atoms with van der Waals surface area (Å²) in [7, 11) is 0. The maximum Gasteiger partial charge on any atom is 0.234 e. The van der Waals surface area contributed by atoms with Gasteiger partial charge >= 0.3 is 0 Å². The van der Waals surface area contributed by atoms with Gasteiger partial charge in [-0.2, -0.15) is 0 Å². The summed E-state index contributed by atoms with van der Waals surface area (Å²) in [6, 6.07) is 13.5. The second-order valence-electron chi connectivity index (χ2n) is 5.91. The highest BCUT2D eigenvalue weighted by atomic mass is 35.5. The fourth-order valence-electron chi connectivity index (χ4n) is 2.65. The molecule has 26 heavy (non-hydrogen) atoms. The molecule has 3 aromatic heterocycles. The number of benzene rings is 1. The number of amides is 1. The summed E-state index contributed by atoms with van der Waals surface area (Å²) in [4.78, 5) is 20.3. The minimum absolute atomic E-state index is 0.0318. The molecule has 0 saturated heterocycles. The molecule has 4 rings (SSSR count). The topological polar surface area (TPSA) is 46.3 Å². The first-order chi connectivity index (χ1) is 12.6. The molecule has 3 heterocycles. The third-order valence-electron chi connectivity index (χ3n) is 3.91. The number of hydrogen-bond donors (Lipinski definition) is 0. The number of aryl methyl sites for hydroxylation is 1. The average Bonchev–Trinajstić information content (AvgIpc) is 3.33. The van der Waals surface area contributed by atoms with Crippen LogP contribution in [-0.4, -0.2) is 10.9 Å². The van der Waals surface area contributed by atoms with E-state index in [1.807, 2.05) is 43.3 Å². The van der Waals surface area contributed by atoms with Crippen LogP contribution in [0.15, 0.2) is 53.1 Å². The van der Waals surface area contributed by atoms with E-state index >= 15 is 0 Å². The third kappa shape index (κ3) is 3.67. The smallest absolute Gasteiger partial charge is 0.234 e. The van der Waals surface area contributed by atoms with Crippen LogP contribution >= 0.6 is 34.3 Å². The Hall–Kier alpha value is -2.15. The second-order valence-corrected chi connectivity index (χ2v) is 8.72. The van der Waals surface area contributed by atoms with Crippen molar-refractivity contribution in [2.45, 2.75) is 19.9 Å². The van der Waals surface area contributed by atoms with Gasteiger partial charge in [0.1, 0.15) is 5.76 Å². The van der Waals surface area contributed by atoms with E-state index in [-0.39, 0.29) is 12.3 Å². The molecule has 7 heteroatoms. The Morgan fingerprint density at radius 1 is 1.23 bits per heavy atom. The normalized spacial score (nSPS) is 11.2. The van der Waals surface area contributed by atoms with Crippen LogP contribution in [0.4, 0.5) is 5.13 Å². The quantitative estimate of drug-likeness (QED) is 0.431. The molecule has 0 aliphatic heterocycles. The number of aromatic nitrogens is 1. The van der Waals surface area contributed by atoms with Gasteiger partial charge in [0.05, 0.1) is 33.8 Å². The fourth-order valence-corrected chi connectivity index (χ4v) is 4.81. The van der Waals surface area contributed by atoms with Gasteiger partial charge in [-0.1, -0.05) is 29.0 Å². The molecular formula is C19H15ClN2O2S2. The Bertz CT molecular complexity index is 1050. The van der Waals surface area contributed by atoms with Gasteiger partial charge in [0.15, 0.2) is 5.13 Å². The SMILES string of the molecule is Cc1ccc2nc(N(Cc3ccco3)C(=O)Cc3ccc(Cl)s3)sc2c1. The summed E-state index contributed by atoms with van der Waals surface area (Å²) in [5.74, 6) is 0.689. The van der Waals surface area contributed by atoms with E-state index in [0.717, 1.165) is 20.9 Å². The van der Waals surface area contributed by atoms with Crippen molar-refractivity contribution in [2.24, 2.45) is 0 Å². The molecule has 0 N–H and O–H groups in total. The lowest BCUT2D eigenvalue weighted by Gasteiger charge is -2.18. The summed E-state index contributed by atoms with van der Waals surface area (Å²) >= 11 is 8.93. The second kappa shape index (κ2) is 7.23. The Morgan fingerprint density at radius 2 is 2.12 bits per heavy atom. The molecular weight excluding hydrogens is 388 g/mol. The van der Waals surface area contributed by atoms with Crippen LogP contribution < -0.4 is 4.90 Å². The summed E-state index contributed by atoms with van der Waals surface area (Å²) in [6.07, 6.45) is 1.89. The Balaban J connectivity index is 1.67. The third-order valence-corrected chi connectivity index (χ3v) is 6.19.